The Hall–Kier alpha value is -3.83. The topological polar surface area (TPSA) is 101 Å². The van der Waals surface area contributed by atoms with Crippen molar-refractivity contribution in [3.8, 4) is 17.0 Å². The minimum atomic E-state index is -3.69. The van der Waals surface area contributed by atoms with Gasteiger partial charge in [0, 0.05) is 43.8 Å². The van der Waals surface area contributed by atoms with E-state index in [1.807, 2.05) is 30.7 Å². The number of fused-ring (bicyclic) bond motifs is 3. The maximum absolute atomic E-state index is 15.7. The first-order valence-electron chi connectivity index (χ1n) is 13.1. The zero-order valence-electron chi connectivity index (χ0n) is 22.8. The molecule has 0 saturated carbocycles. The maximum atomic E-state index is 15.7. The molecule has 40 heavy (non-hydrogen) atoms. The van der Waals surface area contributed by atoms with Crippen molar-refractivity contribution in [2.24, 2.45) is 13.0 Å². The van der Waals surface area contributed by atoms with Crippen LogP contribution in [0.5, 0.6) is 5.75 Å². The van der Waals surface area contributed by atoms with Crippen LogP contribution in [0, 0.1) is 18.7 Å². The number of rotatable bonds is 6. The Morgan fingerprint density at radius 2 is 1.90 bits per heavy atom. The van der Waals surface area contributed by atoms with E-state index in [0.29, 0.717) is 59.3 Å². The second-order valence-corrected chi connectivity index (χ2v) is 12.3. The molecule has 4 heterocycles. The van der Waals surface area contributed by atoms with Crippen LogP contribution in [0.25, 0.3) is 33.2 Å². The zero-order chi connectivity index (χ0) is 28.2. The molecule has 1 saturated heterocycles. The Kier molecular flexibility index (Phi) is 6.58. The quantitative estimate of drug-likeness (QED) is 0.291. The summed E-state index contributed by atoms with van der Waals surface area (Å²) < 4.78 is 57.2. The molecule has 1 aliphatic rings. The summed E-state index contributed by atoms with van der Waals surface area (Å²) in [6, 6.07) is 11.3. The maximum Gasteiger partial charge on any atom is 0.177 e. The van der Waals surface area contributed by atoms with E-state index < -0.39 is 15.9 Å². The summed E-state index contributed by atoms with van der Waals surface area (Å²) in [4.78, 5) is 4.99. The van der Waals surface area contributed by atoms with Crippen LogP contribution in [0.4, 0.5) is 4.39 Å². The molecule has 6 rings (SSSR count). The Labute approximate surface area is 231 Å². The van der Waals surface area contributed by atoms with E-state index in [1.54, 1.807) is 42.3 Å². The van der Waals surface area contributed by atoms with Crippen LogP contribution in [-0.2, 0) is 21.6 Å². The Morgan fingerprint density at radius 3 is 2.55 bits per heavy atom. The number of methoxy groups -OCH3 is 1. The minimum absolute atomic E-state index is 0.0215. The first-order chi connectivity index (χ1) is 19.2. The average molecular weight is 564 g/mol. The molecule has 9 nitrogen and oxygen atoms in total. The van der Waals surface area contributed by atoms with E-state index >= 15 is 4.39 Å². The van der Waals surface area contributed by atoms with Gasteiger partial charge in [-0.05, 0) is 49.9 Å². The monoisotopic (exact) mass is 563 g/mol. The largest absolute Gasteiger partial charge is 0.496 e. The van der Waals surface area contributed by atoms with Crippen LogP contribution in [0.15, 0.2) is 53.6 Å². The number of sulfone groups is 1. The van der Waals surface area contributed by atoms with Gasteiger partial charge in [0.2, 0.25) is 0 Å². The number of aromatic nitrogens is 5. The van der Waals surface area contributed by atoms with Crippen LogP contribution in [0.3, 0.4) is 0 Å². The summed E-state index contributed by atoms with van der Waals surface area (Å²) >= 11 is 0. The zero-order valence-corrected chi connectivity index (χ0v) is 23.6. The fourth-order valence-electron chi connectivity index (χ4n) is 6.07. The van der Waals surface area contributed by atoms with Gasteiger partial charge in [0.25, 0.3) is 0 Å². The van der Waals surface area contributed by atoms with E-state index in [4.69, 9.17) is 14.5 Å². The normalized spacial score (nSPS) is 15.6. The lowest BCUT2D eigenvalue weighted by atomic mass is 9.86. The van der Waals surface area contributed by atoms with E-state index in [-0.39, 0.29) is 16.6 Å². The van der Waals surface area contributed by atoms with E-state index in [0.717, 1.165) is 17.0 Å². The summed E-state index contributed by atoms with van der Waals surface area (Å²) in [5.41, 5.74) is 4.45. The number of aryl methyl sites for hydroxylation is 2. The molecule has 11 heteroatoms. The van der Waals surface area contributed by atoms with Gasteiger partial charge in [-0.25, -0.2) is 17.5 Å². The van der Waals surface area contributed by atoms with Crippen molar-refractivity contribution in [3.05, 3.63) is 65.7 Å². The Bertz CT molecular complexity index is 1840. The highest BCUT2D eigenvalue weighted by molar-refractivity contribution is 7.91. The van der Waals surface area contributed by atoms with Gasteiger partial charge in [0.05, 0.1) is 51.4 Å². The van der Waals surface area contributed by atoms with Gasteiger partial charge in [-0.15, -0.1) is 5.10 Å². The van der Waals surface area contributed by atoms with Crippen molar-refractivity contribution in [1.82, 2.24) is 24.5 Å². The second kappa shape index (κ2) is 9.97. The van der Waals surface area contributed by atoms with Crippen LogP contribution in [-0.4, -0.2) is 59.5 Å². The van der Waals surface area contributed by atoms with Gasteiger partial charge in [0.15, 0.2) is 9.84 Å². The molecule has 0 radical (unpaired) electrons. The fourth-order valence-corrected chi connectivity index (χ4v) is 6.93. The van der Waals surface area contributed by atoms with Gasteiger partial charge >= 0.3 is 0 Å². The molecule has 5 aromatic rings. The van der Waals surface area contributed by atoms with Gasteiger partial charge in [0.1, 0.15) is 11.6 Å². The highest BCUT2D eigenvalue weighted by Gasteiger charge is 2.34. The summed E-state index contributed by atoms with van der Waals surface area (Å²) in [5, 5.41) is 8.91. The Balaban J connectivity index is 1.81. The summed E-state index contributed by atoms with van der Waals surface area (Å²) in [6.45, 7) is 2.95. The number of pyridine rings is 1. The van der Waals surface area contributed by atoms with Crippen LogP contribution >= 0.6 is 0 Å². The van der Waals surface area contributed by atoms with Crippen molar-refractivity contribution < 1.29 is 22.3 Å². The molecule has 208 valence electrons. The van der Waals surface area contributed by atoms with Crippen LogP contribution in [0.1, 0.15) is 30.1 Å². The van der Waals surface area contributed by atoms with Crippen molar-refractivity contribution in [1.29, 1.82) is 0 Å². The molecule has 0 aliphatic carbocycles. The lowest BCUT2D eigenvalue weighted by Crippen LogP contribution is -2.28. The van der Waals surface area contributed by atoms with E-state index in [1.165, 1.54) is 12.3 Å². The molecule has 0 N–H and O–H groups in total. The Morgan fingerprint density at radius 1 is 1.15 bits per heavy atom. The molecule has 0 unspecified atom stereocenters. The average Bonchev–Trinajstić information content (AvgIpc) is 3.45. The SMILES string of the molecule is COc1ccc(S(C)(=O)=O)c2c1c1ncc(-c3c(C)nnn3C)cc1n2[C@H](c1ccccc1F)C1CCOCC1. The first-order valence-corrected chi connectivity index (χ1v) is 15.0. The number of ether oxygens (including phenoxy) is 2. The molecule has 0 amide bonds. The third kappa shape index (κ3) is 4.24. The van der Waals surface area contributed by atoms with Crippen LogP contribution < -0.4 is 4.74 Å². The lowest BCUT2D eigenvalue weighted by molar-refractivity contribution is 0.0548. The summed E-state index contributed by atoms with van der Waals surface area (Å²) in [5.74, 6) is 0.115. The molecule has 0 bridgehead atoms. The number of benzene rings is 2. The van der Waals surface area contributed by atoms with E-state index in [2.05, 4.69) is 10.3 Å². The third-order valence-electron chi connectivity index (χ3n) is 7.81. The predicted octanol–water partition coefficient (Wildman–Crippen LogP) is 4.86. The van der Waals surface area contributed by atoms with Gasteiger partial charge in [-0.1, -0.05) is 23.4 Å². The van der Waals surface area contributed by atoms with Crippen molar-refractivity contribution in [3.63, 3.8) is 0 Å². The number of hydrogen-bond donors (Lipinski definition) is 0. The fraction of sp³-hybridized carbons (Fsp3) is 0.345. The third-order valence-corrected chi connectivity index (χ3v) is 8.94. The molecule has 0 spiro atoms. The second-order valence-electron chi connectivity index (χ2n) is 10.3. The van der Waals surface area contributed by atoms with Gasteiger partial charge in [-0.2, -0.15) is 0 Å². The summed E-state index contributed by atoms with van der Waals surface area (Å²) in [6.07, 6.45) is 4.30. The highest BCUT2D eigenvalue weighted by Crippen LogP contribution is 2.46. The van der Waals surface area contributed by atoms with Crippen LogP contribution in [0.2, 0.25) is 0 Å². The van der Waals surface area contributed by atoms with Gasteiger partial charge < -0.3 is 14.0 Å². The summed E-state index contributed by atoms with van der Waals surface area (Å²) in [7, 11) is -0.339. The molecular formula is C29H30FN5O4S. The predicted molar refractivity (Wildman–Crippen MR) is 150 cm³/mol. The first kappa shape index (κ1) is 26.4. The highest BCUT2D eigenvalue weighted by atomic mass is 32.2. The van der Waals surface area contributed by atoms with Crippen molar-refractivity contribution >= 4 is 31.8 Å². The minimum Gasteiger partial charge on any atom is -0.496 e. The van der Waals surface area contributed by atoms with Crippen molar-refractivity contribution in [2.45, 2.75) is 30.7 Å². The standard InChI is InChI=1S/C29H30FN5O4S/c1-17-27(34(2)33-32-17)19-15-22-26(31-16-19)25-23(38-3)9-10-24(40(4,36)37)29(25)35(22)28(18-11-13-39-14-12-18)20-7-5-6-8-21(20)30/h5-10,15-16,18,28H,11-14H2,1-4H3/t28-/m0/s1. The smallest absolute Gasteiger partial charge is 0.177 e. The van der Waals surface area contributed by atoms with Gasteiger partial charge in [-0.3, -0.25) is 4.98 Å². The lowest BCUT2D eigenvalue weighted by Gasteiger charge is -2.33. The molecule has 1 atom stereocenters. The number of nitrogens with zero attached hydrogens (tertiary/aromatic N) is 5. The molecule has 2 aromatic carbocycles. The molecular weight excluding hydrogens is 533 g/mol. The van der Waals surface area contributed by atoms with Crippen molar-refractivity contribution in [2.75, 3.05) is 26.6 Å². The van der Waals surface area contributed by atoms with E-state index in [9.17, 15) is 8.42 Å². The number of hydrogen-bond acceptors (Lipinski definition) is 7. The molecule has 3 aromatic heterocycles. The molecule has 1 aliphatic heterocycles. The molecule has 1 fully saturated rings. The number of halogens is 1.